The Hall–Kier alpha value is -3.40. The molecule has 0 bridgehead atoms. The molecule has 4 aromatic rings. The van der Waals surface area contributed by atoms with Crippen molar-refractivity contribution >= 4 is 5.65 Å². The standard InChI is InChI=1S/C25H23F2N3O4/c1-25(2,32)15-9-7-14(8-10-15)17-11-12-20-28-21-18(31)13-33-23(22(21)30(20)29-17)16-5-3-4-6-19(16)34-24(26)27/h3-12,18,23-24,31-32H,13H2,1-2H3/t18-,23-/m0/s1. The first-order valence-electron chi connectivity index (χ1n) is 10.8. The molecule has 1 aliphatic heterocycles. The molecule has 34 heavy (non-hydrogen) atoms. The van der Waals surface area contributed by atoms with E-state index in [1.165, 1.54) is 6.07 Å². The van der Waals surface area contributed by atoms with Crippen LogP contribution in [0, 0.1) is 0 Å². The van der Waals surface area contributed by atoms with Crippen molar-refractivity contribution in [2.75, 3.05) is 6.61 Å². The average Bonchev–Trinajstić information content (AvgIpc) is 3.19. The van der Waals surface area contributed by atoms with Crippen LogP contribution >= 0.6 is 0 Å². The van der Waals surface area contributed by atoms with Crippen LogP contribution in [0.25, 0.3) is 16.9 Å². The van der Waals surface area contributed by atoms with Gasteiger partial charge in [-0.2, -0.15) is 13.9 Å². The normalized spacial score (nSPS) is 18.3. The molecule has 2 atom stereocenters. The maximum Gasteiger partial charge on any atom is 0.387 e. The fraction of sp³-hybridized carbons (Fsp3) is 0.280. The Bertz CT molecular complexity index is 1330. The van der Waals surface area contributed by atoms with Crippen LogP contribution in [0.4, 0.5) is 8.78 Å². The molecule has 5 rings (SSSR count). The second-order valence-electron chi connectivity index (χ2n) is 8.65. The van der Waals surface area contributed by atoms with Crippen molar-refractivity contribution in [1.82, 2.24) is 14.6 Å². The molecule has 176 valence electrons. The lowest BCUT2D eigenvalue weighted by Gasteiger charge is -2.27. The number of alkyl halides is 2. The molecule has 0 fully saturated rings. The molecule has 9 heteroatoms. The summed E-state index contributed by atoms with van der Waals surface area (Å²) in [5.74, 6) is -0.0156. The van der Waals surface area contributed by atoms with E-state index < -0.39 is 24.4 Å². The molecule has 2 aromatic heterocycles. The molecule has 2 aromatic carbocycles. The molecular weight excluding hydrogens is 444 g/mol. The molecule has 0 unspecified atom stereocenters. The Labute approximate surface area is 194 Å². The third-order valence-electron chi connectivity index (χ3n) is 5.83. The van der Waals surface area contributed by atoms with E-state index in [-0.39, 0.29) is 12.4 Å². The second kappa shape index (κ2) is 8.43. The predicted molar refractivity (Wildman–Crippen MR) is 119 cm³/mol. The van der Waals surface area contributed by atoms with Gasteiger partial charge in [-0.1, -0.05) is 42.5 Å². The van der Waals surface area contributed by atoms with Gasteiger partial charge in [0.2, 0.25) is 0 Å². The van der Waals surface area contributed by atoms with E-state index in [0.717, 1.165) is 11.1 Å². The highest BCUT2D eigenvalue weighted by atomic mass is 19.3. The van der Waals surface area contributed by atoms with Crippen molar-refractivity contribution in [3.63, 3.8) is 0 Å². The van der Waals surface area contributed by atoms with E-state index >= 15 is 0 Å². The molecule has 7 nitrogen and oxygen atoms in total. The Morgan fingerprint density at radius 3 is 2.53 bits per heavy atom. The first kappa shape index (κ1) is 22.4. The maximum absolute atomic E-state index is 13.0. The molecule has 0 radical (unpaired) electrons. The Morgan fingerprint density at radius 2 is 1.82 bits per heavy atom. The van der Waals surface area contributed by atoms with Gasteiger partial charge in [-0.25, -0.2) is 9.50 Å². The highest BCUT2D eigenvalue weighted by Gasteiger charge is 2.35. The monoisotopic (exact) mass is 467 g/mol. The van der Waals surface area contributed by atoms with E-state index in [0.29, 0.717) is 28.3 Å². The summed E-state index contributed by atoms with van der Waals surface area (Å²) >= 11 is 0. The number of benzene rings is 2. The molecule has 0 aliphatic carbocycles. The summed E-state index contributed by atoms with van der Waals surface area (Å²) < 4.78 is 38.2. The van der Waals surface area contributed by atoms with Crippen LogP contribution in [-0.4, -0.2) is 38.0 Å². The van der Waals surface area contributed by atoms with Crippen molar-refractivity contribution in [3.8, 4) is 17.0 Å². The summed E-state index contributed by atoms with van der Waals surface area (Å²) in [6.07, 6.45) is -1.80. The third-order valence-corrected chi connectivity index (χ3v) is 5.83. The molecule has 3 heterocycles. The van der Waals surface area contributed by atoms with Gasteiger partial charge in [0, 0.05) is 11.1 Å². The number of rotatable bonds is 5. The molecular formula is C25H23F2N3O4. The van der Waals surface area contributed by atoms with Gasteiger partial charge in [0.15, 0.2) is 5.65 Å². The lowest BCUT2D eigenvalue weighted by atomic mass is 9.97. The lowest BCUT2D eigenvalue weighted by molar-refractivity contribution is -0.0549. The third kappa shape index (κ3) is 4.02. The summed E-state index contributed by atoms with van der Waals surface area (Å²) in [5, 5.41) is 25.5. The fourth-order valence-corrected chi connectivity index (χ4v) is 4.14. The molecule has 0 saturated heterocycles. The van der Waals surface area contributed by atoms with E-state index in [1.807, 2.05) is 30.3 Å². The number of halogens is 2. The summed E-state index contributed by atoms with van der Waals surface area (Å²) in [7, 11) is 0. The summed E-state index contributed by atoms with van der Waals surface area (Å²) in [5.41, 5.74) is 2.96. The fourth-order valence-electron chi connectivity index (χ4n) is 4.14. The quantitative estimate of drug-likeness (QED) is 0.453. The number of imidazole rings is 1. The van der Waals surface area contributed by atoms with E-state index in [4.69, 9.17) is 14.6 Å². The lowest BCUT2D eigenvalue weighted by Crippen LogP contribution is -2.24. The van der Waals surface area contributed by atoms with Crippen molar-refractivity contribution < 1.29 is 28.5 Å². The smallest absolute Gasteiger partial charge is 0.387 e. The zero-order chi connectivity index (χ0) is 24.0. The Morgan fingerprint density at radius 1 is 1.09 bits per heavy atom. The minimum atomic E-state index is -2.99. The van der Waals surface area contributed by atoms with Gasteiger partial charge < -0.3 is 19.7 Å². The van der Waals surface area contributed by atoms with Gasteiger partial charge in [-0.3, -0.25) is 0 Å². The zero-order valence-corrected chi connectivity index (χ0v) is 18.5. The van der Waals surface area contributed by atoms with Gasteiger partial charge >= 0.3 is 6.61 Å². The van der Waals surface area contributed by atoms with Crippen molar-refractivity contribution in [3.05, 3.63) is 83.2 Å². The highest BCUT2D eigenvalue weighted by Crippen LogP contribution is 2.40. The topological polar surface area (TPSA) is 89.1 Å². The number of fused-ring (bicyclic) bond motifs is 3. The number of ether oxygens (including phenoxy) is 2. The molecule has 0 amide bonds. The number of para-hydroxylation sites is 1. The van der Waals surface area contributed by atoms with Crippen molar-refractivity contribution in [2.45, 2.75) is 38.3 Å². The Kier molecular flexibility index (Phi) is 5.55. The minimum absolute atomic E-state index is 0.0156. The molecule has 1 aliphatic rings. The molecule has 0 saturated carbocycles. The summed E-state index contributed by atoms with van der Waals surface area (Å²) in [4.78, 5) is 4.53. The largest absolute Gasteiger partial charge is 0.434 e. The number of hydrogen-bond acceptors (Lipinski definition) is 6. The minimum Gasteiger partial charge on any atom is -0.434 e. The van der Waals surface area contributed by atoms with E-state index in [1.54, 1.807) is 42.6 Å². The van der Waals surface area contributed by atoms with Gasteiger partial charge in [0.25, 0.3) is 0 Å². The maximum atomic E-state index is 13.0. The van der Waals surface area contributed by atoms with Crippen LogP contribution in [0.1, 0.15) is 48.6 Å². The first-order chi connectivity index (χ1) is 16.2. The second-order valence-corrected chi connectivity index (χ2v) is 8.65. The van der Waals surface area contributed by atoms with Crippen molar-refractivity contribution in [2.24, 2.45) is 0 Å². The van der Waals surface area contributed by atoms with Gasteiger partial charge in [0.05, 0.1) is 23.6 Å². The van der Waals surface area contributed by atoms with Crippen LogP contribution in [0.5, 0.6) is 5.75 Å². The van der Waals surface area contributed by atoms with E-state index in [9.17, 15) is 19.0 Å². The van der Waals surface area contributed by atoms with Crippen molar-refractivity contribution in [1.29, 1.82) is 0 Å². The van der Waals surface area contributed by atoms with Crippen LogP contribution in [0.2, 0.25) is 0 Å². The predicted octanol–water partition coefficient (Wildman–Crippen LogP) is 4.38. The van der Waals surface area contributed by atoms with Crippen LogP contribution < -0.4 is 4.74 Å². The summed E-state index contributed by atoms with van der Waals surface area (Å²) in [6, 6.07) is 17.4. The number of hydrogen-bond donors (Lipinski definition) is 2. The van der Waals surface area contributed by atoms with Crippen LogP contribution in [-0.2, 0) is 10.3 Å². The number of aliphatic hydroxyl groups is 2. The Balaban J connectivity index is 1.63. The average molecular weight is 467 g/mol. The zero-order valence-electron chi connectivity index (χ0n) is 18.5. The molecule has 0 spiro atoms. The van der Waals surface area contributed by atoms with Crippen LogP contribution in [0.15, 0.2) is 60.7 Å². The number of aliphatic hydroxyl groups excluding tert-OH is 1. The van der Waals surface area contributed by atoms with Crippen LogP contribution in [0.3, 0.4) is 0 Å². The number of aromatic nitrogens is 3. The summed E-state index contributed by atoms with van der Waals surface area (Å²) in [6.45, 7) is 0.389. The molecule has 2 N–H and O–H groups in total. The highest BCUT2D eigenvalue weighted by molar-refractivity contribution is 5.61. The van der Waals surface area contributed by atoms with Gasteiger partial charge in [0.1, 0.15) is 23.7 Å². The number of nitrogens with zero attached hydrogens (tertiary/aromatic N) is 3. The first-order valence-corrected chi connectivity index (χ1v) is 10.8. The SMILES string of the molecule is CC(C)(O)c1ccc(-c2ccc3nc4c(n3n2)[C@H](c2ccccc2OC(F)F)OC[C@@H]4O)cc1. The van der Waals surface area contributed by atoms with E-state index in [2.05, 4.69) is 4.98 Å². The van der Waals surface area contributed by atoms with Gasteiger partial charge in [-0.05, 0) is 37.6 Å². The van der Waals surface area contributed by atoms with Gasteiger partial charge in [-0.15, -0.1) is 0 Å².